The zero-order valence-corrected chi connectivity index (χ0v) is 14.8. The molecule has 0 spiro atoms. The third-order valence-corrected chi connectivity index (χ3v) is 5.34. The van der Waals surface area contributed by atoms with Crippen LogP contribution in [0, 0.1) is 10.1 Å². The van der Waals surface area contributed by atoms with E-state index >= 15 is 0 Å². The molecule has 0 radical (unpaired) electrons. The highest BCUT2D eigenvalue weighted by molar-refractivity contribution is 7.98. The van der Waals surface area contributed by atoms with Gasteiger partial charge in [-0.15, -0.1) is 20.9 Å². The van der Waals surface area contributed by atoms with Crippen LogP contribution in [0.2, 0.25) is 0 Å². The number of carbonyl (C=O) groups is 1. The normalized spacial score (nSPS) is 11.3. The minimum atomic E-state index is -4.33. The van der Waals surface area contributed by atoms with E-state index in [4.69, 9.17) is 10.5 Å². The zero-order valence-electron chi connectivity index (χ0n) is 13.2. The van der Waals surface area contributed by atoms with E-state index in [-0.39, 0.29) is 22.1 Å². The lowest BCUT2D eigenvalue weighted by Crippen LogP contribution is -2.18. The number of non-ortho nitro benzene ring substituents is 1. The Balaban J connectivity index is 2.63. The van der Waals surface area contributed by atoms with Gasteiger partial charge in [-0.25, -0.2) is 4.79 Å². The summed E-state index contributed by atoms with van der Waals surface area (Å²) in [5.41, 5.74) is 5.24. The summed E-state index contributed by atoms with van der Waals surface area (Å²) in [7, 11) is -4.33. The van der Waals surface area contributed by atoms with E-state index in [9.17, 15) is 23.3 Å². The molecule has 2 rings (SSSR count). The van der Waals surface area contributed by atoms with Crippen molar-refractivity contribution < 1.29 is 22.9 Å². The summed E-state index contributed by atoms with van der Waals surface area (Å²) >= 11 is 1.02. The Bertz CT molecular complexity index is 938. The van der Waals surface area contributed by atoms with E-state index in [1.165, 1.54) is 12.1 Å². The van der Waals surface area contributed by atoms with Crippen molar-refractivity contribution in [2.45, 2.75) is 16.8 Å². The van der Waals surface area contributed by atoms with Gasteiger partial charge < -0.3 is 10.5 Å². The topological polar surface area (TPSA) is 147 Å². The number of nitrogens with zero attached hydrogens (tertiary/aromatic N) is 3. The zero-order chi connectivity index (χ0) is 18.8. The van der Waals surface area contributed by atoms with Gasteiger partial charge in [0.05, 0.1) is 16.4 Å². The molecule has 2 aromatic rings. The number of thioether (sulfide) groups is 1. The van der Waals surface area contributed by atoms with Gasteiger partial charge in [-0.1, -0.05) is 6.07 Å². The fraction of sp³-hybridized carbons (Fsp3) is 0.231. The third-order valence-electron chi connectivity index (χ3n) is 3.08. The Kier molecular flexibility index (Phi) is 5.33. The second-order valence-corrected chi connectivity index (χ2v) is 7.15. The number of esters is 1. The van der Waals surface area contributed by atoms with E-state index in [2.05, 4.69) is 5.10 Å². The number of ether oxygens (including phenoxy) is 1. The highest BCUT2D eigenvalue weighted by Gasteiger charge is 2.30. The van der Waals surface area contributed by atoms with Crippen LogP contribution in [0.25, 0.3) is 0 Å². The first-order valence-corrected chi connectivity index (χ1v) is 9.50. The van der Waals surface area contributed by atoms with Crippen LogP contribution >= 0.6 is 11.8 Å². The van der Waals surface area contributed by atoms with Gasteiger partial charge in [0.15, 0.2) is 5.82 Å². The molecule has 134 valence electrons. The number of nitro groups is 1. The molecule has 0 aliphatic heterocycles. The average Bonchev–Trinajstić information content (AvgIpc) is 2.92. The van der Waals surface area contributed by atoms with Gasteiger partial charge in [0.1, 0.15) is 10.6 Å². The van der Waals surface area contributed by atoms with Crippen molar-refractivity contribution in [3.8, 4) is 0 Å². The van der Waals surface area contributed by atoms with Gasteiger partial charge in [0, 0.05) is 12.1 Å². The smallest absolute Gasteiger partial charge is 0.344 e. The predicted molar refractivity (Wildman–Crippen MR) is 90.1 cm³/mol. The van der Waals surface area contributed by atoms with E-state index in [0.717, 1.165) is 23.9 Å². The molecule has 1 aromatic heterocycles. The van der Waals surface area contributed by atoms with Crippen LogP contribution in [-0.2, 0) is 14.8 Å². The molecule has 0 aliphatic rings. The Hall–Kier alpha value is -2.60. The van der Waals surface area contributed by atoms with Gasteiger partial charge in [-0.2, -0.15) is 8.42 Å². The van der Waals surface area contributed by atoms with E-state index in [0.29, 0.717) is 4.09 Å². The summed E-state index contributed by atoms with van der Waals surface area (Å²) < 4.78 is 30.8. The first-order valence-electron chi connectivity index (χ1n) is 6.83. The molecule has 2 N–H and O–H groups in total. The van der Waals surface area contributed by atoms with Crippen molar-refractivity contribution >= 4 is 39.3 Å². The molecular weight excluding hydrogens is 372 g/mol. The van der Waals surface area contributed by atoms with Crippen molar-refractivity contribution in [2.24, 2.45) is 0 Å². The fourth-order valence-electron chi connectivity index (χ4n) is 1.97. The Labute approximate surface area is 147 Å². The summed E-state index contributed by atoms with van der Waals surface area (Å²) in [6, 6.07) is 4.45. The molecule has 0 aliphatic carbocycles. The maximum absolute atomic E-state index is 12.7. The van der Waals surface area contributed by atoms with Crippen molar-refractivity contribution in [1.82, 2.24) is 9.19 Å². The summed E-state index contributed by atoms with van der Waals surface area (Å²) in [6.45, 7) is 1.67. The minimum Gasteiger partial charge on any atom is -0.462 e. The molecular formula is C13H14N4O6S2. The Morgan fingerprint density at radius 1 is 1.48 bits per heavy atom. The van der Waals surface area contributed by atoms with Crippen LogP contribution in [0.3, 0.4) is 0 Å². The summed E-state index contributed by atoms with van der Waals surface area (Å²) in [6.07, 6.45) is 1.59. The predicted octanol–water partition coefficient (Wildman–Crippen LogP) is 1.51. The van der Waals surface area contributed by atoms with Gasteiger partial charge in [-0.3, -0.25) is 10.1 Å². The lowest BCUT2D eigenvalue weighted by molar-refractivity contribution is -0.385. The van der Waals surface area contributed by atoms with Gasteiger partial charge in [0.2, 0.25) is 0 Å². The van der Waals surface area contributed by atoms with Gasteiger partial charge in [0.25, 0.3) is 15.7 Å². The maximum atomic E-state index is 12.7. The van der Waals surface area contributed by atoms with Crippen molar-refractivity contribution in [3.05, 3.63) is 39.9 Å². The molecule has 1 aromatic carbocycles. The third kappa shape index (κ3) is 3.44. The fourth-order valence-corrected chi connectivity index (χ4v) is 3.84. The second kappa shape index (κ2) is 7.11. The monoisotopic (exact) mass is 386 g/mol. The van der Waals surface area contributed by atoms with E-state index in [1.807, 2.05) is 0 Å². The lowest BCUT2D eigenvalue weighted by atomic mass is 10.3. The number of nitro benzene ring substituents is 1. The summed E-state index contributed by atoms with van der Waals surface area (Å²) in [5.74, 6) is -1.22. The number of nitrogen functional groups attached to an aromatic ring is 1. The van der Waals surface area contributed by atoms with Crippen LogP contribution < -0.4 is 5.73 Å². The SMILES string of the molecule is CCOC(=O)c1c(SC)nn(S(=O)(=O)c2cccc([N+](=O)[O-])c2)c1N. The molecule has 0 unspecified atom stereocenters. The first kappa shape index (κ1) is 18.7. The molecule has 0 saturated carbocycles. The van der Waals surface area contributed by atoms with Crippen molar-refractivity contribution in [2.75, 3.05) is 18.6 Å². The molecule has 25 heavy (non-hydrogen) atoms. The van der Waals surface area contributed by atoms with Gasteiger partial charge in [-0.05, 0) is 19.2 Å². The van der Waals surface area contributed by atoms with Crippen LogP contribution in [0.1, 0.15) is 17.3 Å². The molecule has 1 heterocycles. The van der Waals surface area contributed by atoms with Crippen molar-refractivity contribution in [3.63, 3.8) is 0 Å². The second-order valence-electron chi connectivity index (χ2n) is 4.59. The highest BCUT2D eigenvalue weighted by Crippen LogP contribution is 2.29. The largest absolute Gasteiger partial charge is 0.462 e. The molecule has 10 nitrogen and oxygen atoms in total. The standard InChI is InChI=1S/C13H14N4O6S2/c1-3-23-13(18)10-11(14)16(15-12(10)24-2)25(21,22)9-6-4-5-8(7-9)17(19)20/h4-7H,3,14H2,1-2H3. The minimum absolute atomic E-state index is 0.0740. The number of hydrogen-bond donors (Lipinski definition) is 1. The maximum Gasteiger partial charge on any atom is 0.344 e. The number of hydrogen-bond acceptors (Lipinski definition) is 9. The average molecular weight is 386 g/mol. The molecule has 0 saturated heterocycles. The lowest BCUT2D eigenvalue weighted by Gasteiger charge is -2.06. The number of anilines is 1. The van der Waals surface area contributed by atoms with Crippen LogP contribution in [0.15, 0.2) is 34.2 Å². The molecule has 12 heteroatoms. The summed E-state index contributed by atoms with van der Waals surface area (Å²) in [5, 5.41) is 14.8. The summed E-state index contributed by atoms with van der Waals surface area (Å²) in [4.78, 5) is 21.8. The molecule has 0 atom stereocenters. The Morgan fingerprint density at radius 3 is 2.72 bits per heavy atom. The number of benzene rings is 1. The molecule has 0 fully saturated rings. The highest BCUT2D eigenvalue weighted by atomic mass is 32.2. The number of carbonyl (C=O) groups excluding carboxylic acids is 1. The van der Waals surface area contributed by atoms with Crippen LogP contribution in [-0.4, -0.2) is 41.4 Å². The van der Waals surface area contributed by atoms with Crippen LogP contribution in [0.5, 0.6) is 0 Å². The molecule has 0 bridgehead atoms. The first-order chi connectivity index (χ1) is 11.7. The van der Waals surface area contributed by atoms with Gasteiger partial charge >= 0.3 is 5.97 Å². The van der Waals surface area contributed by atoms with Crippen LogP contribution in [0.4, 0.5) is 11.5 Å². The van der Waals surface area contributed by atoms with E-state index in [1.54, 1.807) is 13.2 Å². The van der Waals surface area contributed by atoms with E-state index < -0.39 is 32.4 Å². The molecule has 0 amide bonds. The van der Waals surface area contributed by atoms with Crippen molar-refractivity contribution in [1.29, 1.82) is 0 Å². The number of aromatic nitrogens is 2. The number of rotatable bonds is 6. The number of nitrogens with two attached hydrogens (primary N) is 1. The Morgan fingerprint density at radius 2 is 2.16 bits per heavy atom. The quantitative estimate of drug-likeness (QED) is 0.337.